The largest absolute Gasteiger partial charge is 0.399 e. The number of anilines is 1. The summed E-state index contributed by atoms with van der Waals surface area (Å²) in [7, 11) is -3.53. The minimum Gasteiger partial charge on any atom is -0.399 e. The van der Waals surface area contributed by atoms with Gasteiger partial charge in [-0.15, -0.1) is 0 Å². The standard InChI is InChI=1S/C12H19BrN2O3S/c13-11-6-5-10(14)9-12(11)19(17,18)15-7-3-1-2-4-8-16/h5-6,9,15-16H,1-4,7-8,14H2. The number of rotatable bonds is 8. The van der Waals surface area contributed by atoms with Gasteiger partial charge in [-0.05, 0) is 47.0 Å². The van der Waals surface area contributed by atoms with Gasteiger partial charge in [0.25, 0.3) is 0 Å². The number of nitrogen functional groups attached to an aromatic ring is 1. The van der Waals surface area contributed by atoms with Crippen molar-refractivity contribution in [2.45, 2.75) is 30.6 Å². The highest BCUT2D eigenvalue weighted by atomic mass is 79.9. The Labute approximate surface area is 122 Å². The Morgan fingerprint density at radius 1 is 1.21 bits per heavy atom. The summed E-state index contributed by atoms with van der Waals surface area (Å²) in [6.07, 6.45) is 3.30. The van der Waals surface area contributed by atoms with Crippen LogP contribution in [0.5, 0.6) is 0 Å². The molecule has 0 heterocycles. The van der Waals surface area contributed by atoms with Crippen LogP contribution in [0.1, 0.15) is 25.7 Å². The molecule has 0 saturated carbocycles. The number of sulfonamides is 1. The number of aliphatic hydroxyl groups is 1. The van der Waals surface area contributed by atoms with E-state index >= 15 is 0 Å². The normalized spacial score (nSPS) is 11.7. The third kappa shape index (κ3) is 5.48. The van der Waals surface area contributed by atoms with Gasteiger partial charge in [-0.1, -0.05) is 12.8 Å². The van der Waals surface area contributed by atoms with Crippen LogP contribution in [0, 0.1) is 0 Å². The lowest BCUT2D eigenvalue weighted by Crippen LogP contribution is -2.25. The minimum atomic E-state index is -3.53. The van der Waals surface area contributed by atoms with Gasteiger partial charge in [-0.2, -0.15) is 0 Å². The number of aliphatic hydroxyl groups excluding tert-OH is 1. The molecule has 0 atom stereocenters. The Morgan fingerprint density at radius 3 is 2.58 bits per heavy atom. The number of benzene rings is 1. The van der Waals surface area contributed by atoms with Crippen LogP contribution in [0.25, 0.3) is 0 Å². The van der Waals surface area contributed by atoms with Crippen LogP contribution >= 0.6 is 15.9 Å². The molecule has 108 valence electrons. The zero-order valence-electron chi connectivity index (χ0n) is 10.6. The van der Waals surface area contributed by atoms with E-state index in [1.54, 1.807) is 12.1 Å². The highest BCUT2D eigenvalue weighted by Crippen LogP contribution is 2.23. The zero-order chi connectivity index (χ0) is 14.3. The summed E-state index contributed by atoms with van der Waals surface area (Å²) in [5.41, 5.74) is 6.01. The molecule has 0 amide bonds. The van der Waals surface area contributed by atoms with E-state index in [1.807, 2.05) is 0 Å². The number of nitrogens with one attached hydrogen (secondary N) is 1. The van der Waals surface area contributed by atoms with Gasteiger partial charge in [0.1, 0.15) is 0 Å². The van der Waals surface area contributed by atoms with Crippen molar-refractivity contribution in [1.82, 2.24) is 4.72 Å². The Bertz CT molecular complexity index is 506. The summed E-state index contributed by atoms with van der Waals surface area (Å²) in [5.74, 6) is 0. The van der Waals surface area contributed by atoms with Crippen LogP contribution in [0.4, 0.5) is 5.69 Å². The first-order valence-electron chi connectivity index (χ1n) is 6.13. The van der Waals surface area contributed by atoms with Gasteiger partial charge in [0.2, 0.25) is 10.0 Å². The maximum absolute atomic E-state index is 12.1. The van der Waals surface area contributed by atoms with E-state index < -0.39 is 10.0 Å². The van der Waals surface area contributed by atoms with Crippen LogP contribution in [-0.4, -0.2) is 26.7 Å². The van der Waals surface area contributed by atoms with E-state index in [2.05, 4.69) is 20.7 Å². The fourth-order valence-corrected chi connectivity index (χ4v) is 3.67. The molecule has 5 nitrogen and oxygen atoms in total. The van der Waals surface area contributed by atoms with Crippen molar-refractivity contribution in [2.75, 3.05) is 18.9 Å². The third-order valence-corrected chi connectivity index (χ3v) is 5.08. The SMILES string of the molecule is Nc1ccc(Br)c(S(=O)(=O)NCCCCCCO)c1. The van der Waals surface area contributed by atoms with Gasteiger partial charge >= 0.3 is 0 Å². The predicted octanol–water partition coefficient (Wildman–Crippen LogP) is 1.86. The van der Waals surface area contributed by atoms with Gasteiger partial charge in [-0.3, -0.25) is 0 Å². The van der Waals surface area contributed by atoms with Crippen molar-refractivity contribution in [1.29, 1.82) is 0 Å². The zero-order valence-corrected chi connectivity index (χ0v) is 13.0. The Morgan fingerprint density at radius 2 is 1.89 bits per heavy atom. The Kier molecular flexibility index (Phi) is 6.78. The molecular formula is C12H19BrN2O3S. The summed E-state index contributed by atoms with van der Waals surface area (Å²) in [6.45, 7) is 0.566. The van der Waals surface area contributed by atoms with Crippen molar-refractivity contribution >= 4 is 31.6 Å². The van der Waals surface area contributed by atoms with Crippen molar-refractivity contribution in [3.05, 3.63) is 22.7 Å². The molecular weight excluding hydrogens is 332 g/mol. The lowest BCUT2D eigenvalue weighted by Gasteiger charge is -2.09. The Balaban J connectivity index is 2.54. The predicted molar refractivity (Wildman–Crippen MR) is 79.3 cm³/mol. The molecule has 0 radical (unpaired) electrons. The monoisotopic (exact) mass is 350 g/mol. The lowest BCUT2D eigenvalue weighted by molar-refractivity contribution is 0.282. The van der Waals surface area contributed by atoms with E-state index in [0.29, 0.717) is 16.7 Å². The third-order valence-electron chi connectivity index (χ3n) is 2.62. The van der Waals surface area contributed by atoms with Gasteiger partial charge in [0.15, 0.2) is 0 Å². The van der Waals surface area contributed by atoms with Crippen molar-refractivity contribution in [3.63, 3.8) is 0 Å². The molecule has 19 heavy (non-hydrogen) atoms. The number of nitrogens with two attached hydrogens (primary N) is 1. The maximum Gasteiger partial charge on any atom is 0.241 e. The second-order valence-corrected chi connectivity index (χ2v) is 6.82. The Hall–Kier alpha value is -0.630. The average Bonchev–Trinajstić information content (AvgIpc) is 2.36. The molecule has 0 aliphatic heterocycles. The van der Waals surface area contributed by atoms with Crippen molar-refractivity contribution in [2.24, 2.45) is 0 Å². The summed E-state index contributed by atoms with van der Waals surface area (Å²) in [6, 6.07) is 4.68. The molecule has 0 spiro atoms. The molecule has 1 aromatic rings. The highest BCUT2D eigenvalue weighted by Gasteiger charge is 2.17. The van der Waals surface area contributed by atoms with Gasteiger partial charge in [0, 0.05) is 23.3 Å². The second-order valence-electron chi connectivity index (χ2n) is 4.23. The van der Waals surface area contributed by atoms with E-state index in [4.69, 9.17) is 10.8 Å². The number of hydrogen-bond donors (Lipinski definition) is 3. The number of unbranched alkanes of at least 4 members (excludes halogenated alkanes) is 3. The molecule has 7 heteroatoms. The van der Waals surface area contributed by atoms with E-state index in [0.717, 1.165) is 25.7 Å². The molecule has 0 fully saturated rings. The quantitative estimate of drug-likeness (QED) is 0.492. The summed E-state index contributed by atoms with van der Waals surface area (Å²) in [4.78, 5) is 0.155. The molecule has 0 aliphatic carbocycles. The lowest BCUT2D eigenvalue weighted by atomic mass is 10.2. The fraction of sp³-hybridized carbons (Fsp3) is 0.500. The number of halogens is 1. The minimum absolute atomic E-state index is 0.155. The van der Waals surface area contributed by atoms with Crippen molar-refractivity contribution in [3.8, 4) is 0 Å². The smallest absolute Gasteiger partial charge is 0.241 e. The summed E-state index contributed by atoms with van der Waals surface area (Å²) in [5, 5.41) is 8.63. The van der Waals surface area contributed by atoms with Crippen LogP contribution in [0.2, 0.25) is 0 Å². The summed E-state index contributed by atoms with van der Waals surface area (Å²) >= 11 is 3.21. The van der Waals surface area contributed by atoms with Crippen LogP contribution in [0.3, 0.4) is 0 Å². The van der Waals surface area contributed by atoms with Gasteiger partial charge < -0.3 is 10.8 Å². The molecule has 4 N–H and O–H groups in total. The van der Waals surface area contributed by atoms with Gasteiger partial charge in [0.05, 0.1) is 4.90 Å². The molecule has 1 aromatic carbocycles. The molecule has 0 aromatic heterocycles. The molecule has 1 rings (SSSR count). The van der Waals surface area contributed by atoms with E-state index in [1.165, 1.54) is 6.07 Å². The maximum atomic E-state index is 12.1. The second kappa shape index (κ2) is 7.84. The first-order valence-corrected chi connectivity index (χ1v) is 8.40. The van der Waals surface area contributed by atoms with Crippen LogP contribution in [-0.2, 0) is 10.0 Å². The van der Waals surface area contributed by atoms with Crippen LogP contribution < -0.4 is 10.5 Å². The number of hydrogen-bond acceptors (Lipinski definition) is 4. The van der Waals surface area contributed by atoms with E-state index in [-0.39, 0.29) is 11.5 Å². The molecule has 0 unspecified atom stereocenters. The molecule has 0 bridgehead atoms. The molecule has 0 saturated heterocycles. The van der Waals surface area contributed by atoms with E-state index in [9.17, 15) is 8.42 Å². The topological polar surface area (TPSA) is 92.4 Å². The fourth-order valence-electron chi connectivity index (χ4n) is 1.60. The summed E-state index contributed by atoms with van der Waals surface area (Å²) < 4.78 is 27.2. The first kappa shape index (κ1) is 16.4. The molecule has 0 aliphatic rings. The first-order chi connectivity index (χ1) is 8.97. The van der Waals surface area contributed by atoms with Crippen molar-refractivity contribution < 1.29 is 13.5 Å². The van der Waals surface area contributed by atoms with Gasteiger partial charge in [-0.25, -0.2) is 13.1 Å². The van der Waals surface area contributed by atoms with Crippen LogP contribution in [0.15, 0.2) is 27.6 Å². The average molecular weight is 351 g/mol. The highest BCUT2D eigenvalue weighted by molar-refractivity contribution is 9.10.